The maximum Gasteiger partial charge on any atom is 0.282 e. The Hall–Kier alpha value is -2.32. The molecule has 0 spiro atoms. The molecule has 1 aromatic carbocycles. The molecule has 148 valence electrons. The molecule has 0 fully saturated rings. The number of carbonyl (C=O) groups excluding carboxylic acids is 1. The van der Waals surface area contributed by atoms with Crippen molar-refractivity contribution in [2.24, 2.45) is 13.0 Å². The van der Waals surface area contributed by atoms with E-state index in [0.717, 1.165) is 5.56 Å². The fraction of sp³-hybridized carbons (Fsp3) is 0.368. The van der Waals surface area contributed by atoms with E-state index in [-0.39, 0.29) is 23.1 Å². The first-order valence-electron chi connectivity index (χ1n) is 8.92. The van der Waals surface area contributed by atoms with E-state index in [1.165, 1.54) is 11.8 Å². The second-order valence-electron chi connectivity index (χ2n) is 6.90. The number of aromatic nitrogens is 4. The van der Waals surface area contributed by atoms with Crippen LogP contribution < -0.4 is 10.9 Å². The molecule has 28 heavy (non-hydrogen) atoms. The van der Waals surface area contributed by atoms with Crippen LogP contribution in [0.1, 0.15) is 19.4 Å². The van der Waals surface area contributed by atoms with E-state index < -0.39 is 0 Å². The highest BCUT2D eigenvalue weighted by molar-refractivity contribution is 7.99. The van der Waals surface area contributed by atoms with Gasteiger partial charge in [-0.05, 0) is 17.5 Å². The molecule has 0 atom stereocenters. The number of carbonyl (C=O) groups is 1. The minimum Gasteiger partial charge on any atom is -0.351 e. The van der Waals surface area contributed by atoms with Gasteiger partial charge in [-0.3, -0.25) is 18.8 Å². The minimum absolute atomic E-state index is 0.151. The molecule has 0 aliphatic heterocycles. The lowest BCUT2D eigenvalue weighted by Gasteiger charge is -2.13. The third-order valence-electron chi connectivity index (χ3n) is 4.02. The molecule has 2 aromatic heterocycles. The minimum atomic E-state index is -0.182. The Balaban J connectivity index is 1.74. The Labute approximate surface area is 172 Å². The number of hydrogen-bond donors (Lipinski definition) is 1. The first-order valence-corrected chi connectivity index (χ1v) is 10.3. The van der Waals surface area contributed by atoms with Crippen LogP contribution in [0.3, 0.4) is 0 Å². The predicted octanol–water partition coefficient (Wildman–Crippen LogP) is 2.85. The second-order valence-corrected chi connectivity index (χ2v) is 8.25. The molecule has 7 nitrogen and oxygen atoms in total. The summed E-state index contributed by atoms with van der Waals surface area (Å²) in [6, 6.07) is 7.38. The lowest BCUT2D eigenvalue weighted by Crippen LogP contribution is -2.28. The zero-order chi connectivity index (χ0) is 20.3. The van der Waals surface area contributed by atoms with Gasteiger partial charge in [-0.2, -0.15) is 5.10 Å². The molecular formula is C19H22ClN5O2S. The number of nitrogens with one attached hydrogen (secondary N) is 1. The average molecular weight is 420 g/mol. The van der Waals surface area contributed by atoms with Crippen molar-refractivity contribution >= 4 is 40.3 Å². The number of thioether (sulfide) groups is 1. The Bertz CT molecular complexity index is 1060. The fourth-order valence-corrected chi connectivity index (χ4v) is 3.78. The number of hydrogen-bond acceptors (Lipinski definition) is 5. The highest BCUT2D eigenvalue weighted by atomic mass is 35.5. The Morgan fingerprint density at radius 3 is 2.79 bits per heavy atom. The van der Waals surface area contributed by atoms with Crippen molar-refractivity contribution < 1.29 is 4.79 Å². The second kappa shape index (κ2) is 8.79. The third kappa shape index (κ3) is 4.74. The van der Waals surface area contributed by atoms with Crippen LogP contribution in [0.5, 0.6) is 0 Å². The molecule has 1 amide bonds. The maximum absolute atomic E-state index is 12.8. The highest BCUT2D eigenvalue weighted by Crippen LogP contribution is 2.19. The van der Waals surface area contributed by atoms with Gasteiger partial charge in [-0.1, -0.05) is 55.4 Å². The quantitative estimate of drug-likeness (QED) is 0.470. The summed E-state index contributed by atoms with van der Waals surface area (Å²) in [7, 11) is 1.75. The highest BCUT2D eigenvalue weighted by Gasteiger charge is 2.16. The van der Waals surface area contributed by atoms with Crippen LogP contribution in [-0.4, -0.2) is 31.0 Å². The standard InChI is InChI=1S/C19H22ClN5O2S/c1-12(2)9-25-18(27)17-15(10-24(3)23-17)22-19(25)28-11-16(26)21-8-13-6-4-5-7-14(13)20/h4-7,10,12H,8-9,11H2,1-3H3,(H,21,26). The number of rotatable bonds is 7. The van der Waals surface area contributed by atoms with Gasteiger partial charge in [0.2, 0.25) is 5.91 Å². The van der Waals surface area contributed by atoms with Crippen LogP contribution in [0, 0.1) is 5.92 Å². The van der Waals surface area contributed by atoms with Crippen LogP contribution in [0.2, 0.25) is 5.02 Å². The first kappa shape index (κ1) is 20.4. The largest absolute Gasteiger partial charge is 0.351 e. The summed E-state index contributed by atoms with van der Waals surface area (Å²) in [5.74, 6) is 0.261. The van der Waals surface area contributed by atoms with Gasteiger partial charge in [0.15, 0.2) is 10.7 Å². The zero-order valence-corrected chi connectivity index (χ0v) is 17.5. The first-order chi connectivity index (χ1) is 13.3. The fourth-order valence-electron chi connectivity index (χ4n) is 2.74. The van der Waals surface area contributed by atoms with E-state index in [4.69, 9.17) is 11.6 Å². The molecule has 0 aliphatic rings. The van der Waals surface area contributed by atoms with Gasteiger partial charge < -0.3 is 5.32 Å². The Morgan fingerprint density at radius 2 is 2.07 bits per heavy atom. The molecule has 0 saturated heterocycles. The van der Waals surface area contributed by atoms with Crippen molar-refractivity contribution in [3.8, 4) is 0 Å². The monoisotopic (exact) mass is 419 g/mol. The van der Waals surface area contributed by atoms with Gasteiger partial charge in [0, 0.05) is 25.2 Å². The van der Waals surface area contributed by atoms with Crippen LogP contribution in [0.25, 0.3) is 11.0 Å². The maximum atomic E-state index is 12.8. The molecule has 3 rings (SSSR count). The van der Waals surface area contributed by atoms with E-state index >= 15 is 0 Å². The number of nitrogens with zero attached hydrogens (tertiary/aromatic N) is 4. The molecule has 0 bridgehead atoms. The van der Waals surface area contributed by atoms with Gasteiger partial charge in [-0.15, -0.1) is 0 Å². The number of halogens is 1. The van der Waals surface area contributed by atoms with E-state index in [0.29, 0.717) is 34.3 Å². The van der Waals surface area contributed by atoms with Crippen molar-refractivity contribution in [3.05, 3.63) is 51.4 Å². The van der Waals surface area contributed by atoms with Gasteiger partial charge in [0.05, 0.1) is 11.9 Å². The lowest BCUT2D eigenvalue weighted by atomic mass is 10.2. The van der Waals surface area contributed by atoms with Crippen LogP contribution in [-0.2, 0) is 24.9 Å². The third-order valence-corrected chi connectivity index (χ3v) is 5.36. The summed E-state index contributed by atoms with van der Waals surface area (Å²) in [5.41, 5.74) is 1.55. The van der Waals surface area contributed by atoms with Crippen LogP contribution >= 0.6 is 23.4 Å². The van der Waals surface area contributed by atoms with Crippen molar-refractivity contribution in [1.29, 1.82) is 0 Å². The SMILES string of the molecule is CC(C)Cn1c(SCC(=O)NCc2ccccc2Cl)nc2cn(C)nc2c1=O. The molecule has 2 heterocycles. The van der Waals surface area contributed by atoms with Gasteiger partial charge in [0.1, 0.15) is 5.52 Å². The number of aryl methyl sites for hydroxylation is 1. The van der Waals surface area contributed by atoms with Crippen LogP contribution in [0.15, 0.2) is 40.4 Å². The Kier molecular flexibility index (Phi) is 6.41. The summed E-state index contributed by atoms with van der Waals surface area (Å²) in [4.78, 5) is 29.6. The summed E-state index contributed by atoms with van der Waals surface area (Å²) in [6.07, 6.45) is 1.71. The van der Waals surface area contributed by atoms with Crippen molar-refractivity contribution in [3.63, 3.8) is 0 Å². The van der Waals surface area contributed by atoms with Crippen molar-refractivity contribution in [2.45, 2.75) is 32.1 Å². The smallest absolute Gasteiger partial charge is 0.282 e. The number of amides is 1. The van der Waals surface area contributed by atoms with Crippen molar-refractivity contribution in [1.82, 2.24) is 24.6 Å². The van der Waals surface area contributed by atoms with Gasteiger partial charge in [0.25, 0.3) is 5.56 Å². The summed E-state index contributed by atoms with van der Waals surface area (Å²) in [6.45, 7) is 4.93. The topological polar surface area (TPSA) is 81.8 Å². The molecule has 0 unspecified atom stereocenters. The average Bonchev–Trinajstić information content (AvgIpc) is 3.02. The molecule has 9 heteroatoms. The molecule has 3 aromatic rings. The molecule has 0 saturated carbocycles. The summed E-state index contributed by atoms with van der Waals surface area (Å²) in [5, 5.41) is 8.19. The number of fused-ring (bicyclic) bond motifs is 1. The van der Waals surface area contributed by atoms with E-state index in [1.54, 1.807) is 28.6 Å². The van der Waals surface area contributed by atoms with E-state index in [2.05, 4.69) is 15.4 Å². The molecule has 0 aliphatic carbocycles. The normalized spacial score (nSPS) is 11.3. The Morgan fingerprint density at radius 1 is 1.32 bits per heavy atom. The van der Waals surface area contributed by atoms with E-state index in [9.17, 15) is 9.59 Å². The summed E-state index contributed by atoms with van der Waals surface area (Å²) >= 11 is 7.36. The van der Waals surface area contributed by atoms with E-state index in [1.807, 2.05) is 32.0 Å². The van der Waals surface area contributed by atoms with Gasteiger partial charge >= 0.3 is 0 Å². The molecule has 1 N–H and O–H groups in total. The van der Waals surface area contributed by atoms with Gasteiger partial charge in [-0.25, -0.2) is 4.98 Å². The zero-order valence-electron chi connectivity index (χ0n) is 16.0. The summed E-state index contributed by atoms with van der Waals surface area (Å²) < 4.78 is 3.18. The molecular weight excluding hydrogens is 398 g/mol. The lowest BCUT2D eigenvalue weighted by molar-refractivity contribution is -0.118. The van der Waals surface area contributed by atoms with Crippen LogP contribution in [0.4, 0.5) is 0 Å². The predicted molar refractivity (Wildman–Crippen MR) is 112 cm³/mol. The number of benzene rings is 1. The molecule has 0 radical (unpaired) electrons. The van der Waals surface area contributed by atoms with Crippen molar-refractivity contribution in [2.75, 3.05) is 5.75 Å².